The highest BCUT2D eigenvalue weighted by Gasteiger charge is 2.36. The first-order chi connectivity index (χ1) is 9.43. The lowest BCUT2D eigenvalue weighted by Crippen LogP contribution is -2.45. The zero-order valence-corrected chi connectivity index (χ0v) is 10.9. The van der Waals surface area contributed by atoms with E-state index in [0.717, 1.165) is 18.2 Å². The van der Waals surface area contributed by atoms with Gasteiger partial charge in [0.2, 0.25) is 0 Å². The molecule has 1 aliphatic heterocycles. The summed E-state index contributed by atoms with van der Waals surface area (Å²) in [6, 6.07) is 1.95. The molecule has 1 aliphatic rings. The van der Waals surface area contributed by atoms with Crippen molar-refractivity contribution in [3.05, 3.63) is 47.8 Å². The summed E-state index contributed by atoms with van der Waals surface area (Å²) < 4.78 is 52.5. The molecule has 0 unspecified atom stereocenters. The minimum absolute atomic E-state index is 0.0746. The fourth-order valence-electron chi connectivity index (χ4n) is 2.47. The minimum Gasteiger partial charge on any atom is -0.314 e. The molecular weight excluding hydrogens is 272 g/mol. The van der Waals surface area contributed by atoms with E-state index in [-0.39, 0.29) is 5.56 Å². The summed E-state index contributed by atoms with van der Waals surface area (Å²) in [6.07, 6.45) is -3.06. The number of rotatable bonds is 3. The van der Waals surface area contributed by atoms with Crippen LogP contribution in [0.4, 0.5) is 17.6 Å². The Kier molecular flexibility index (Phi) is 4.45. The van der Waals surface area contributed by atoms with Gasteiger partial charge in [0.05, 0.1) is 11.6 Å². The number of nitrogens with one attached hydrogen (secondary N) is 1. The molecule has 110 valence electrons. The molecule has 1 saturated heterocycles. The first-order valence-corrected chi connectivity index (χ1v) is 6.37. The van der Waals surface area contributed by atoms with Gasteiger partial charge in [-0.1, -0.05) is 6.08 Å². The fraction of sp³-hybridized carbons (Fsp3) is 0.429. The quantitative estimate of drug-likeness (QED) is 0.679. The number of hydrogen-bond donors (Lipinski definition) is 1. The summed E-state index contributed by atoms with van der Waals surface area (Å²) in [4.78, 5) is 1.87. The maximum atomic E-state index is 13.4. The van der Waals surface area contributed by atoms with Gasteiger partial charge in [0.25, 0.3) is 0 Å². The van der Waals surface area contributed by atoms with Crippen LogP contribution in [0.15, 0.2) is 30.9 Å². The third kappa shape index (κ3) is 3.19. The van der Waals surface area contributed by atoms with Crippen molar-refractivity contribution in [2.45, 2.75) is 12.2 Å². The normalized spacial score (nSPS) is 18.8. The van der Waals surface area contributed by atoms with Gasteiger partial charge in [-0.3, -0.25) is 4.90 Å². The van der Waals surface area contributed by atoms with Gasteiger partial charge in [0, 0.05) is 26.2 Å². The number of benzene rings is 1. The molecule has 2 rings (SSSR count). The summed E-state index contributed by atoms with van der Waals surface area (Å²) in [7, 11) is 0. The molecule has 0 spiro atoms. The number of hydrogen-bond acceptors (Lipinski definition) is 2. The van der Waals surface area contributed by atoms with Crippen LogP contribution >= 0.6 is 0 Å². The smallest absolute Gasteiger partial charge is 0.314 e. The first-order valence-electron chi connectivity index (χ1n) is 6.37. The Hall–Kier alpha value is -1.40. The average Bonchev–Trinajstić information content (AvgIpc) is 2.39. The topological polar surface area (TPSA) is 15.3 Å². The Labute approximate surface area is 115 Å². The zero-order chi connectivity index (χ0) is 14.8. The van der Waals surface area contributed by atoms with E-state index in [2.05, 4.69) is 11.9 Å². The van der Waals surface area contributed by atoms with Crippen LogP contribution in [0.5, 0.6) is 0 Å². The second-order valence-electron chi connectivity index (χ2n) is 4.70. The number of piperazine rings is 1. The van der Waals surface area contributed by atoms with E-state index >= 15 is 0 Å². The van der Waals surface area contributed by atoms with Crippen LogP contribution in [-0.4, -0.2) is 31.1 Å². The number of alkyl halides is 3. The van der Waals surface area contributed by atoms with Crippen LogP contribution in [0.25, 0.3) is 0 Å². The van der Waals surface area contributed by atoms with Crippen LogP contribution < -0.4 is 5.32 Å². The van der Waals surface area contributed by atoms with Crippen molar-refractivity contribution < 1.29 is 17.6 Å². The minimum atomic E-state index is -4.50. The van der Waals surface area contributed by atoms with Crippen molar-refractivity contribution in [2.24, 2.45) is 0 Å². The van der Waals surface area contributed by atoms with Gasteiger partial charge in [-0.05, 0) is 23.8 Å². The van der Waals surface area contributed by atoms with Crippen molar-refractivity contribution in [2.75, 3.05) is 26.2 Å². The van der Waals surface area contributed by atoms with E-state index in [1.165, 1.54) is 6.08 Å². The lowest BCUT2D eigenvalue weighted by atomic mass is 9.97. The molecule has 1 aromatic rings. The molecule has 20 heavy (non-hydrogen) atoms. The first kappa shape index (κ1) is 15.0. The average molecular weight is 288 g/mol. The summed E-state index contributed by atoms with van der Waals surface area (Å²) >= 11 is 0. The van der Waals surface area contributed by atoms with Crippen LogP contribution in [0.2, 0.25) is 0 Å². The molecule has 0 amide bonds. The molecule has 6 heteroatoms. The van der Waals surface area contributed by atoms with Crippen LogP contribution in [-0.2, 0) is 6.18 Å². The fourth-order valence-corrected chi connectivity index (χ4v) is 2.47. The van der Waals surface area contributed by atoms with Gasteiger partial charge < -0.3 is 5.32 Å². The molecule has 0 saturated carbocycles. The monoisotopic (exact) mass is 288 g/mol. The predicted molar refractivity (Wildman–Crippen MR) is 68.8 cm³/mol. The predicted octanol–water partition coefficient (Wildman–Crippen LogP) is 2.98. The second-order valence-corrected chi connectivity index (χ2v) is 4.70. The Morgan fingerprint density at radius 2 is 1.90 bits per heavy atom. The lowest BCUT2D eigenvalue weighted by Gasteiger charge is -2.34. The van der Waals surface area contributed by atoms with Gasteiger partial charge in [0.15, 0.2) is 0 Å². The van der Waals surface area contributed by atoms with Gasteiger partial charge in [-0.15, -0.1) is 6.58 Å². The van der Waals surface area contributed by atoms with E-state index in [1.54, 1.807) is 0 Å². The Morgan fingerprint density at radius 3 is 2.45 bits per heavy atom. The maximum Gasteiger partial charge on any atom is 0.416 e. The highest BCUT2D eigenvalue weighted by molar-refractivity contribution is 5.35. The lowest BCUT2D eigenvalue weighted by molar-refractivity contribution is -0.138. The molecule has 1 aromatic carbocycles. The van der Waals surface area contributed by atoms with E-state index in [0.29, 0.717) is 26.2 Å². The van der Waals surface area contributed by atoms with E-state index in [4.69, 9.17) is 0 Å². The largest absolute Gasteiger partial charge is 0.416 e. The molecule has 0 aliphatic carbocycles. The molecule has 1 atom stereocenters. The third-order valence-corrected chi connectivity index (χ3v) is 3.41. The van der Waals surface area contributed by atoms with Crippen molar-refractivity contribution in [3.8, 4) is 0 Å². The summed E-state index contributed by atoms with van der Waals surface area (Å²) in [5, 5.41) is 3.13. The number of halogens is 4. The van der Waals surface area contributed by atoms with Crippen LogP contribution in [0.1, 0.15) is 17.2 Å². The van der Waals surface area contributed by atoms with Crippen LogP contribution in [0, 0.1) is 5.82 Å². The van der Waals surface area contributed by atoms with Crippen molar-refractivity contribution in [1.29, 1.82) is 0 Å². The maximum absolute atomic E-state index is 13.4. The van der Waals surface area contributed by atoms with Crippen molar-refractivity contribution in [1.82, 2.24) is 10.2 Å². The summed E-state index contributed by atoms with van der Waals surface area (Å²) in [5.74, 6) is -0.671. The molecule has 2 nitrogen and oxygen atoms in total. The Balaban J connectivity index is 2.42. The standard InChI is InChI=1S/C14H16F4N2/c1-2-13(20-7-5-19-6-8-20)11-9-10(15)3-4-12(11)14(16,17)18/h2-4,9,13,19H,1,5-8H2/t13-/m0/s1. The van der Waals surface area contributed by atoms with Gasteiger partial charge >= 0.3 is 6.18 Å². The molecule has 1 heterocycles. The molecule has 1 N–H and O–H groups in total. The summed E-state index contributed by atoms with van der Waals surface area (Å²) in [6.45, 7) is 6.21. The molecule has 0 aromatic heterocycles. The van der Waals surface area contributed by atoms with E-state index in [9.17, 15) is 17.6 Å². The van der Waals surface area contributed by atoms with Gasteiger partial charge in [0.1, 0.15) is 5.82 Å². The molecule has 1 fully saturated rings. The van der Waals surface area contributed by atoms with E-state index in [1.807, 2.05) is 4.90 Å². The second kappa shape index (κ2) is 5.93. The Bertz CT molecular complexity index is 479. The zero-order valence-electron chi connectivity index (χ0n) is 10.9. The molecule has 0 bridgehead atoms. The summed E-state index contributed by atoms with van der Waals surface area (Å²) in [5.41, 5.74) is -0.878. The highest BCUT2D eigenvalue weighted by atomic mass is 19.4. The van der Waals surface area contributed by atoms with Crippen LogP contribution in [0.3, 0.4) is 0 Å². The van der Waals surface area contributed by atoms with Gasteiger partial charge in [-0.2, -0.15) is 13.2 Å². The third-order valence-electron chi connectivity index (χ3n) is 3.41. The van der Waals surface area contributed by atoms with Gasteiger partial charge in [-0.25, -0.2) is 4.39 Å². The highest BCUT2D eigenvalue weighted by Crippen LogP contribution is 2.37. The number of nitrogens with zero attached hydrogens (tertiary/aromatic N) is 1. The van der Waals surface area contributed by atoms with Crippen molar-refractivity contribution in [3.63, 3.8) is 0 Å². The van der Waals surface area contributed by atoms with E-state index < -0.39 is 23.6 Å². The van der Waals surface area contributed by atoms with Crippen molar-refractivity contribution >= 4 is 0 Å². The molecule has 0 radical (unpaired) electrons. The molecular formula is C14H16F4N2. The Morgan fingerprint density at radius 1 is 1.25 bits per heavy atom. The SMILES string of the molecule is C=C[C@@H](c1cc(F)ccc1C(F)(F)F)N1CCNCC1.